The minimum absolute atomic E-state index is 0.231. The van der Waals surface area contributed by atoms with Crippen LogP contribution in [0, 0.1) is 0 Å². The average Bonchev–Trinajstić information content (AvgIpc) is 2.20. The number of rotatable bonds is 10. The normalized spacial score (nSPS) is 12.8. The molecule has 17 heavy (non-hydrogen) atoms. The Labute approximate surface area is 108 Å². The summed E-state index contributed by atoms with van der Waals surface area (Å²) in [6.45, 7) is 1.08. The number of sulfone groups is 1. The highest BCUT2D eigenvalue weighted by Gasteiger charge is 2.13. The van der Waals surface area contributed by atoms with Crippen LogP contribution >= 0.6 is 11.6 Å². The molecule has 0 bridgehead atoms. The third kappa shape index (κ3) is 12.4. The summed E-state index contributed by atoms with van der Waals surface area (Å²) in [7, 11) is -6.78. The second-order valence-corrected chi connectivity index (χ2v) is 8.06. The van der Waals surface area contributed by atoms with Gasteiger partial charge in [0.25, 0.3) is 0 Å². The molecule has 0 heterocycles. The quantitative estimate of drug-likeness (QED) is 0.438. The van der Waals surface area contributed by atoms with Gasteiger partial charge in [-0.3, -0.25) is 0 Å². The zero-order valence-electron chi connectivity index (χ0n) is 9.69. The van der Waals surface area contributed by atoms with Crippen molar-refractivity contribution in [3.63, 3.8) is 0 Å². The van der Waals surface area contributed by atoms with E-state index in [4.69, 9.17) is 16.3 Å². The largest absolute Gasteiger partial charge is 0.380 e. The molecule has 0 aliphatic heterocycles. The van der Waals surface area contributed by atoms with E-state index in [-0.39, 0.29) is 12.3 Å². The van der Waals surface area contributed by atoms with Crippen LogP contribution in [0.4, 0.5) is 0 Å². The molecule has 0 saturated carbocycles. The van der Waals surface area contributed by atoms with Crippen LogP contribution in [0.5, 0.6) is 0 Å². The number of nitrogens with one attached hydrogen (secondary N) is 1. The zero-order valence-corrected chi connectivity index (χ0v) is 12.1. The highest BCUT2D eigenvalue weighted by atomic mass is 35.5. The molecule has 0 aliphatic rings. The molecule has 0 amide bonds. The fraction of sp³-hybridized carbons (Fsp3) is 1.00. The van der Waals surface area contributed by atoms with Crippen molar-refractivity contribution in [3.8, 4) is 0 Å². The standard InChI is InChI=1S/C8H18ClNO5S2/c1-16(11,12)7-8-17(13,14)10-4-2-5-15-6-3-9/h10H,2-8H2,1H3. The van der Waals surface area contributed by atoms with E-state index in [0.717, 1.165) is 6.26 Å². The monoisotopic (exact) mass is 307 g/mol. The lowest BCUT2D eigenvalue weighted by atomic mass is 10.5. The first-order valence-electron chi connectivity index (χ1n) is 5.05. The van der Waals surface area contributed by atoms with Crippen LogP contribution in [0.1, 0.15) is 6.42 Å². The number of halogens is 1. The topological polar surface area (TPSA) is 89.5 Å². The zero-order chi connectivity index (χ0) is 13.4. The second-order valence-electron chi connectivity index (χ2n) is 3.50. The lowest BCUT2D eigenvalue weighted by Crippen LogP contribution is -2.30. The van der Waals surface area contributed by atoms with Gasteiger partial charge < -0.3 is 4.74 Å². The summed E-state index contributed by atoms with van der Waals surface area (Å²) in [5.74, 6) is -0.375. The Morgan fingerprint density at radius 1 is 1.12 bits per heavy atom. The third-order valence-electron chi connectivity index (χ3n) is 1.73. The van der Waals surface area contributed by atoms with E-state index in [9.17, 15) is 16.8 Å². The van der Waals surface area contributed by atoms with Crippen molar-refractivity contribution in [2.45, 2.75) is 6.42 Å². The SMILES string of the molecule is CS(=O)(=O)CCS(=O)(=O)NCCCOCCCl. The second kappa shape index (κ2) is 8.25. The molecule has 1 N–H and O–H groups in total. The van der Waals surface area contributed by atoms with Gasteiger partial charge in [-0.1, -0.05) is 0 Å². The van der Waals surface area contributed by atoms with E-state index in [1.807, 2.05) is 0 Å². The summed E-state index contributed by atoms with van der Waals surface area (Å²) in [5.41, 5.74) is 0. The molecule has 0 spiro atoms. The van der Waals surface area contributed by atoms with Gasteiger partial charge in [-0.15, -0.1) is 11.6 Å². The van der Waals surface area contributed by atoms with E-state index in [0.29, 0.717) is 25.5 Å². The Morgan fingerprint density at radius 2 is 1.76 bits per heavy atom. The maximum atomic E-state index is 11.3. The highest BCUT2D eigenvalue weighted by molar-refractivity contribution is 7.93. The van der Waals surface area contributed by atoms with Gasteiger partial charge in [0, 0.05) is 25.3 Å². The molecular formula is C8H18ClNO5S2. The Kier molecular flexibility index (Phi) is 8.31. The molecule has 0 aromatic carbocycles. The molecule has 0 rings (SSSR count). The summed E-state index contributed by atoms with van der Waals surface area (Å²) >= 11 is 5.38. The molecule has 0 atom stereocenters. The number of hydrogen-bond acceptors (Lipinski definition) is 5. The average molecular weight is 308 g/mol. The van der Waals surface area contributed by atoms with Crippen LogP contribution in [-0.2, 0) is 24.6 Å². The van der Waals surface area contributed by atoms with Gasteiger partial charge in [0.05, 0.1) is 18.1 Å². The Bertz CT molecular complexity index is 392. The smallest absolute Gasteiger partial charge is 0.212 e. The fourth-order valence-electron chi connectivity index (χ4n) is 0.892. The first-order chi connectivity index (χ1) is 7.77. The van der Waals surface area contributed by atoms with E-state index < -0.39 is 25.6 Å². The first-order valence-corrected chi connectivity index (χ1v) is 9.30. The molecule has 0 radical (unpaired) electrons. The Balaban J connectivity index is 3.72. The van der Waals surface area contributed by atoms with E-state index in [1.165, 1.54) is 0 Å². The van der Waals surface area contributed by atoms with E-state index in [1.54, 1.807) is 0 Å². The first kappa shape index (κ1) is 17.1. The van der Waals surface area contributed by atoms with Crippen molar-refractivity contribution in [1.82, 2.24) is 4.72 Å². The number of ether oxygens (including phenoxy) is 1. The number of hydrogen-bond donors (Lipinski definition) is 1. The van der Waals surface area contributed by atoms with E-state index in [2.05, 4.69) is 4.72 Å². The Hall–Kier alpha value is 0.110. The van der Waals surface area contributed by atoms with Crippen molar-refractivity contribution >= 4 is 31.5 Å². The number of sulfonamides is 1. The van der Waals surface area contributed by atoms with Crippen molar-refractivity contribution in [3.05, 3.63) is 0 Å². The summed E-state index contributed by atoms with van der Waals surface area (Å²) in [6.07, 6.45) is 1.53. The molecule has 0 saturated heterocycles. The van der Waals surface area contributed by atoms with Gasteiger partial charge in [0.15, 0.2) is 0 Å². The van der Waals surface area contributed by atoms with Crippen LogP contribution in [0.15, 0.2) is 0 Å². The maximum Gasteiger partial charge on any atom is 0.212 e. The highest BCUT2D eigenvalue weighted by Crippen LogP contribution is 1.91. The predicted molar refractivity (Wildman–Crippen MR) is 67.7 cm³/mol. The van der Waals surface area contributed by atoms with Gasteiger partial charge in [0.2, 0.25) is 10.0 Å². The van der Waals surface area contributed by atoms with Crippen LogP contribution in [0.25, 0.3) is 0 Å². The lowest BCUT2D eigenvalue weighted by molar-refractivity contribution is 0.147. The molecule has 0 aromatic rings. The van der Waals surface area contributed by atoms with E-state index >= 15 is 0 Å². The Morgan fingerprint density at radius 3 is 2.29 bits per heavy atom. The predicted octanol–water partition coefficient (Wildman–Crippen LogP) is -0.404. The summed E-state index contributed by atoms with van der Waals surface area (Å²) in [4.78, 5) is 0. The van der Waals surface area contributed by atoms with Crippen molar-refractivity contribution < 1.29 is 21.6 Å². The van der Waals surface area contributed by atoms with Gasteiger partial charge in [-0.25, -0.2) is 21.6 Å². The van der Waals surface area contributed by atoms with Gasteiger partial charge in [-0.2, -0.15) is 0 Å². The minimum atomic E-state index is -3.52. The van der Waals surface area contributed by atoms with Crippen LogP contribution < -0.4 is 4.72 Å². The molecule has 9 heteroatoms. The third-order valence-corrected chi connectivity index (χ3v) is 4.48. The van der Waals surface area contributed by atoms with Crippen LogP contribution in [-0.4, -0.2) is 60.2 Å². The fourth-order valence-corrected chi connectivity index (χ4v) is 3.69. The molecule has 0 unspecified atom stereocenters. The van der Waals surface area contributed by atoms with Crippen molar-refractivity contribution in [1.29, 1.82) is 0 Å². The maximum absolute atomic E-state index is 11.3. The minimum Gasteiger partial charge on any atom is -0.380 e. The summed E-state index contributed by atoms with van der Waals surface area (Å²) in [6, 6.07) is 0. The van der Waals surface area contributed by atoms with Gasteiger partial charge in [-0.05, 0) is 6.42 Å². The van der Waals surface area contributed by atoms with Gasteiger partial charge >= 0.3 is 0 Å². The summed E-state index contributed by atoms with van der Waals surface area (Å²) in [5, 5.41) is 0. The molecular weight excluding hydrogens is 290 g/mol. The van der Waals surface area contributed by atoms with Crippen LogP contribution in [0.3, 0.4) is 0 Å². The molecule has 104 valence electrons. The van der Waals surface area contributed by atoms with Crippen molar-refractivity contribution in [2.24, 2.45) is 0 Å². The molecule has 0 aliphatic carbocycles. The summed E-state index contributed by atoms with van der Waals surface area (Å²) < 4.78 is 51.6. The van der Waals surface area contributed by atoms with Crippen molar-refractivity contribution in [2.75, 3.05) is 43.4 Å². The molecule has 6 nitrogen and oxygen atoms in total. The van der Waals surface area contributed by atoms with Gasteiger partial charge in [0.1, 0.15) is 9.84 Å². The lowest BCUT2D eigenvalue weighted by Gasteiger charge is -2.06. The van der Waals surface area contributed by atoms with Crippen LogP contribution in [0.2, 0.25) is 0 Å². The molecule has 0 fully saturated rings. The number of alkyl halides is 1. The molecule has 0 aromatic heterocycles.